The number of benzene rings is 2. The van der Waals surface area contributed by atoms with Gasteiger partial charge in [-0.1, -0.05) is 6.07 Å². The van der Waals surface area contributed by atoms with E-state index >= 15 is 0 Å². The van der Waals surface area contributed by atoms with Crippen molar-refractivity contribution in [3.63, 3.8) is 0 Å². The number of nitrogens with zero attached hydrogens (tertiary/aromatic N) is 1. The molecule has 184 valence electrons. The summed E-state index contributed by atoms with van der Waals surface area (Å²) in [5.41, 5.74) is -4.17. The van der Waals surface area contributed by atoms with Gasteiger partial charge in [-0.25, -0.2) is 13.6 Å². The van der Waals surface area contributed by atoms with Crippen molar-refractivity contribution < 1.29 is 49.8 Å². The molecule has 3 rings (SSSR count). The zero-order valence-electron chi connectivity index (χ0n) is 17.0. The third kappa shape index (κ3) is 5.57. The lowest BCUT2D eigenvalue weighted by atomic mass is 9.85. The van der Waals surface area contributed by atoms with E-state index in [1.54, 1.807) is 0 Å². The van der Waals surface area contributed by atoms with Gasteiger partial charge >= 0.3 is 18.4 Å². The number of carbonyl (C=O) groups is 2. The smallest absolute Gasteiger partial charge is 0.416 e. The number of piperidine rings is 1. The number of likely N-dealkylation sites (tertiary alicyclic amines) is 1. The van der Waals surface area contributed by atoms with E-state index in [0.717, 1.165) is 23.1 Å². The molecule has 2 aromatic carbocycles. The quantitative estimate of drug-likeness (QED) is 0.570. The number of carbonyl (C=O) groups excluding carboxylic acids is 1. The third-order valence-electron chi connectivity index (χ3n) is 5.42. The van der Waals surface area contributed by atoms with Crippen molar-refractivity contribution in [3.05, 3.63) is 70.3 Å². The highest BCUT2D eigenvalue weighted by Gasteiger charge is 2.39. The van der Waals surface area contributed by atoms with Crippen molar-refractivity contribution in [2.45, 2.75) is 30.7 Å². The highest BCUT2D eigenvalue weighted by Crippen LogP contribution is 2.36. The molecule has 1 fully saturated rings. The van der Waals surface area contributed by atoms with Crippen molar-refractivity contribution in [2.24, 2.45) is 0 Å². The Kier molecular flexibility index (Phi) is 6.76. The zero-order chi connectivity index (χ0) is 25.4. The van der Waals surface area contributed by atoms with Gasteiger partial charge in [0.15, 0.2) is 11.6 Å². The molecule has 2 unspecified atom stereocenters. The monoisotopic (exact) mass is 496 g/mol. The summed E-state index contributed by atoms with van der Waals surface area (Å²) in [5.74, 6) is -4.64. The Morgan fingerprint density at radius 2 is 1.50 bits per heavy atom. The molecule has 0 aliphatic carbocycles. The Labute approximate surface area is 187 Å². The Morgan fingerprint density at radius 1 is 0.912 bits per heavy atom. The van der Waals surface area contributed by atoms with Gasteiger partial charge in [0, 0.05) is 30.6 Å². The summed E-state index contributed by atoms with van der Waals surface area (Å²) in [5, 5.41) is 11.6. The fourth-order valence-corrected chi connectivity index (χ4v) is 3.72. The summed E-state index contributed by atoms with van der Waals surface area (Å²) in [6.45, 7) is -0.390. The Bertz CT molecular complexity index is 1070. The lowest BCUT2D eigenvalue weighted by molar-refractivity contribution is -0.143. The maximum atomic E-state index is 13.8. The van der Waals surface area contributed by atoms with E-state index in [-0.39, 0.29) is 43.3 Å². The standard InChI is InChI=1S/C21H16F8N2O3/c22-15-2-1-10(7-16(15)23)14-9-31(19(33)34)4-3-17(14)30-18(32)11-5-12(20(24,25)26)8-13(6-11)21(27,28)29/h1-2,5-8,14,17H,3-4,9H2,(H,30,32)(H,33,34). The van der Waals surface area contributed by atoms with E-state index in [2.05, 4.69) is 5.32 Å². The summed E-state index contributed by atoms with van der Waals surface area (Å²) in [7, 11) is 0. The molecule has 2 N–H and O–H groups in total. The summed E-state index contributed by atoms with van der Waals surface area (Å²) in [4.78, 5) is 25.0. The average Bonchev–Trinajstić information content (AvgIpc) is 2.74. The third-order valence-corrected chi connectivity index (χ3v) is 5.42. The average molecular weight is 496 g/mol. The van der Waals surface area contributed by atoms with E-state index < -0.39 is 64.6 Å². The molecular formula is C21H16F8N2O3. The molecule has 34 heavy (non-hydrogen) atoms. The molecule has 13 heteroatoms. The van der Waals surface area contributed by atoms with Crippen LogP contribution in [-0.4, -0.2) is 41.1 Å². The zero-order valence-corrected chi connectivity index (χ0v) is 17.0. The van der Waals surface area contributed by atoms with Gasteiger partial charge < -0.3 is 15.3 Å². The predicted octanol–water partition coefficient (Wildman–Crippen LogP) is 5.27. The van der Waals surface area contributed by atoms with Crippen molar-refractivity contribution in [1.29, 1.82) is 0 Å². The molecule has 0 spiro atoms. The normalized spacial score (nSPS) is 19.1. The van der Waals surface area contributed by atoms with Crippen LogP contribution < -0.4 is 5.32 Å². The van der Waals surface area contributed by atoms with E-state index in [1.807, 2.05) is 0 Å². The maximum absolute atomic E-state index is 13.8. The molecule has 1 saturated heterocycles. The molecule has 0 bridgehead atoms. The van der Waals surface area contributed by atoms with Crippen LogP contribution in [0.2, 0.25) is 0 Å². The van der Waals surface area contributed by atoms with Crippen LogP contribution in [0.5, 0.6) is 0 Å². The van der Waals surface area contributed by atoms with E-state index in [9.17, 15) is 49.8 Å². The van der Waals surface area contributed by atoms with Crippen LogP contribution in [0.25, 0.3) is 0 Å². The predicted molar refractivity (Wildman–Crippen MR) is 101 cm³/mol. The number of hydrogen-bond acceptors (Lipinski definition) is 2. The fraction of sp³-hybridized carbons (Fsp3) is 0.333. The van der Waals surface area contributed by atoms with Crippen LogP contribution in [0.4, 0.5) is 39.9 Å². The molecule has 0 radical (unpaired) electrons. The van der Waals surface area contributed by atoms with Crippen molar-refractivity contribution in [3.8, 4) is 0 Å². The summed E-state index contributed by atoms with van der Waals surface area (Å²) in [6, 6.07) is 2.15. The van der Waals surface area contributed by atoms with Crippen LogP contribution >= 0.6 is 0 Å². The molecule has 2 amide bonds. The lowest BCUT2D eigenvalue weighted by Crippen LogP contribution is -2.51. The first-order valence-electron chi connectivity index (χ1n) is 9.70. The number of amides is 2. The summed E-state index contributed by atoms with van der Waals surface area (Å²) < 4.78 is 106. The molecule has 1 aliphatic heterocycles. The first-order valence-corrected chi connectivity index (χ1v) is 9.70. The number of rotatable bonds is 3. The van der Waals surface area contributed by atoms with Crippen molar-refractivity contribution >= 4 is 12.0 Å². The molecule has 1 aliphatic rings. The van der Waals surface area contributed by atoms with Crippen LogP contribution in [0.15, 0.2) is 36.4 Å². The van der Waals surface area contributed by atoms with E-state index in [1.165, 1.54) is 0 Å². The highest BCUT2D eigenvalue weighted by atomic mass is 19.4. The Hall–Kier alpha value is -3.38. The van der Waals surface area contributed by atoms with E-state index in [0.29, 0.717) is 0 Å². The second kappa shape index (κ2) is 9.11. The van der Waals surface area contributed by atoms with Gasteiger partial charge in [-0.15, -0.1) is 0 Å². The minimum Gasteiger partial charge on any atom is -0.465 e. The largest absolute Gasteiger partial charge is 0.465 e. The van der Waals surface area contributed by atoms with Crippen LogP contribution in [0.1, 0.15) is 39.4 Å². The molecule has 1 heterocycles. The topological polar surface area (TPSA) is 69.6 Å². The lowest BCUT2D eigenvalue weighted by Gasteiger charge is -2.38. The van der Waals surface area contributed by atoms with Crippen molar-refractivity contribution in [1.82, 2.24) is 10.2 Å². The summed E-state index contributed by atoms with van der Waals surface area (Å²) in [6.07, 6.45) is -11.7. The minimum absolute atomic E-state index is 0.0766. The van der Waals surface area contributed by atoms with Crippen LogP contribution in [0.3, 0.4) is 0 Å². The highest BCUT2D eigenvalue weighted by molar-refractivity contribution is 5.95. The number of carboxylic acid groups (broad SMARTS) is 1. The second-order valence-corrected chi connectivity index (χ2v) is 7.67. The number of alkyl halides is 6. The van der Waals surface area contributed by atoms with Gasteiger partial charge in [0.1, 0.15) is 0 Å². The number of nitrogens with one attached hydrogen (secondary N) is 1. The molecule has 0 saturated carbocycles. The van der Waals surface area contributed by atoms with Gasteiger partial charge in [0.05, 0.1) is 11.1 Å². The molecule has 2 atom stereocenters. The molecule has 5 nitrogen and oxygen atoms in total. The Balaban J connectivity index is 1.95. The van der Waals surface area contributed by atoms with Crippen LogP contribution in [0, 0.1) is 11.6 Å². The number of hydrogen-bond donors (Lipinski definition) is 2. The molecular weight excluding hydrogens is 480 g/mol. The molecule has 0 aromatic heterocycles. The Morgan fingerprint density at radius 3 is 2.00 bits per heavy atom. The van der Waals surface area contributed by atoms with Crippen molar-refractivity contribution in [2.75, 3.05) is 13.1 Å². The SMILES string of the molecule is O=C(NC1CCN(C(=O)O)CC1c1ccc(F)c(F)c1)c1cc(C(F)(F)F)cc(C(F)(F)F)c1. The van der Waals surface area contributed by atoms with E-state index in [4.69, 9.17) is 0 Å². The maximum Gasteiger partial charge on any atom is 0.416 e. The van der Waals surface area contributed by atoms with Crippen LogP contribution in [-0.2, 0) is 12.4 Å². The first-order chi connectivity index (χ1) is 15.7. The van der Waals surface area contributed by atoms with Gasteiger partial charge in [0.25, 0.3) is 5.91 Å². The van der Waals surface area contributed by atoms with Gasteiger partial charge in [-0.05, 0) is 42.3 Å². The summed E-state index contributed by atoms with van der Waals surface area (Å²) >= 11 is 0. The number of halogens is 8. The molecule has 2 aromatic rings. The second-order valence-electron chi connectivity index (χ2n) is 7.67. The van der Waals surface area contributed by atoms with Gasteiger partial charge in [0.2, 0.25) is 0 Å². The fourth-order valence-electron chi connectivity index (χ4n) is 3.72. The first kappa shape index (κ1) is 25.2. The van der Waals surface area contributed by atoms with Gasteiger partial charge in [-0.3, -0.25) is 4.79 Å². The minimum atomic E-state index is -5.16. The van der Waals surface area contributed by atoms with Gasteiger partial charge in [-0.2, -0.15) is 26.3 Å².